The Labute approximate surface area is 49.8 Å². The molecule has 2 heteroatoms. The van der Waals surface area contributed by atoms with Gasteiger partial charge < -0.3 is 4.74 Å². The average molecular weight is 115 g/mol. The summed E-state index contributed by atoms with van der Waals surface area (Å²) in [7, 11) is 0. The Morgan fingerprint density at radius 1 is 1.62 bits per heavy atom. The van der Waals surface area contributed by atoms with E-state index in [1.165, 1.54) is 6.61 Å². The number of rotatable bonds is 5. The minimum Gasteiger partial charge on any atom is -0.461 e. The predicted octanol–water partition coefficient (Wildman–Crippen LogP) is 1.51. The number of carbonyl (C=O) groups excluding carboxylic acids is 1. The van der Waals surface area contributed by atoms with Crippen LogP contribution >= 0.6 is 0 Å². The summed E-state index contributed by atoms with van der Waals surface area (Å²) in [5.41, 5.74) is 0. The molecule has 8 heavy (non-hydrogen) atoms. The maximum Gasteiger partial charge on any atom is 0.293 e. The second-order valence-corrected chi connectivity index (χ2v) is 1.54. The van der Waals surface area contributed by atoms with Crippen molar-refractivity contribution in [2.45, 2.75) is 26.2 Å². The van der Waals surface area contributed by atoms with Gasteiger partial charge in [0.15, 0.2) is 0 Å². The molecule has 47 valence electrons. The highest BCUT2D eigenvalue weighted by Gasteiger charge is 1.83. The zero-order valence-electron chi connectivity index (χ0n) is 5.09. The first-order valence-electron chi connectivity index (χ1n) is 2.82. The van der Waals surface area contributed by atoms with E-state index in [2.05, 4.69) is 11.7 Å². The molecule has 0 atom stereocenters. The minimum atomic E-state index is 0.440. The number of ether oxygens (including phenoxy) is 1. The van der Waals surface area contributed by atoms with Gasteiger partial charge in [-0.25, -0.2) is 0 Å². The lowest BCUT2D eigenvalue weighted by Gasteiger charge is -1.92. The first-order valence-corrected chi connectivity index (χ1v) is 2.82. The van der Waals surface area contributed by atoms with Crippen molar-refractivity contribution in [1.82, 2.24) is 0 Å². The Kier molecular flexibility index (Phi) is 6.04. The van der Waals surface area contributed by atoms with Crippen molar-refractivity contribution in [2.24, 2.45) is 0 Å². The van der Waals surface area contributed by atoms with Crippen LogP contribution in [-0.4, -0.2) is 6.47 Å². The molecule has 0 saturated carbocycles. The third kappa shape index (κ3) is 5.47. The summed E-state index contributed by atoms with van der Waals surface area (Å²) in [6.45, 7) is 4.06. The van der Waals surface area contributed by atoms with Crippen LogP contribution in [0.3, 0.4) is 0 Å². The van der Waals surface area contributed by atoms with Gasteiger partial charge in [-0.3, -0.25) is 4.79 Å². The SMILES string of the molecule is CCCC[CH]OC=O. The molecule has 0 aliphatic carbocycles. The van der Waals surface area contributed by atoms with Gasteiger partial charge in [-0.15, -0.1) is 0 Å². The Balaban J connectivity index is 2.62. The van der Waals surface area contributed by atoms with Crippen LogP contribution in [0.5, 0.6) is 0 Å². The molecule has 0 saturated heterocycles. The fraction of sp³-hybridized carbons (Fsp3) is 0.667. The summed E-state index contributed by atoms with van der Waals surface area (Å²) in [6.07, 6.45) is 3.10. The van der Waals surface area contributed by atoms with E-state index < -0.39 is 0 Å². The molecule has 0 bridgehead atoms. The summed E-state index contributed by atoms with van der Waals surface area (Å²) < 4.78 is 4.33. The van der Waals surface area contributed by atoms with Gasteiger partial charge in [0.05, 0.1) is 0 Å². The van der Waals surface area contributed by atoms with Crippen molar-refractivity contribution >= 4 is 6.47 Å². The van der Waals surface area contributed by atoms with Crippen LogP contribution < -0.4 is 0 Å². The van der Waals surface area contributed by atoms with Crippen molar-refractivity contribution in [3.8, 4) is 0 Å². The molecule has 0 unspecified atom stereocenters. The molecule has 0 amide bonds. The van der Waals surface area contributed by atoms with Crippen LogP contribution in [0.4, 0.5) is 0 Å². The highest BCUT2D eigenvalue weighted by Crippen LogP contribution is 1.96. The lowest BCUT2D eigenvalue weighted by atomic mass is 10.3. The van der Waals surface area contributed by atoms with Gasteiger partial charge in [0, 0.05) is 0 Å². The number of unbranched alkanes of at least 4 members (excludes halogenated alkanes) is 2. The fourth-order valence-electron chi connectivity index (χ4n) is 0.395. The third-order valence-electron chi connectivity index (χ3n) is 0.827. The summed E-state index contributed by atoms with van der Waals surface area (Å²) in [5.74, 6) is 0. The van der Waals surface area contributed by atoms with Crippen molar-refractivity contribution < 1.29 is 9.53 Å². The molecule has 2 nitrogen and oxygen atoms in total. The molecule has 0 fully saturated rings. The van der Waals surface area contributed by atoms with Crippen molar-refractivity contribution in [1.29, 1.82) is 0 Å². The summed E-state index contributed by atoms with van der Waals surface area (Å²) in [4.78, 5) is 9.51. The van der Waals surface area contributed by atoms with E-state index in [0.29, 0.717) is 6.47 Å². The topological polar surface area (TPSA) is 26.3 Å². The molecule has 0 heterocycles. The molecule has 0 rings (SSSR count). The van der Waals surface area contributed by atoms with Gasteiger partial charge >= 0.3 is 0 Å². The van der Waals surface area contributed by atoms with E-state index in [1.807, 2.05) is 0 Å². The van der Waals surface area contributed by atoms with Gasteiger partial charge in [-0.2, -0.15) is 0 Å². The van der Waals surface area contributed by atoms with Crippen LogP contribution in [0.15, 0.2) is 0 Å². The summed E-state index contributed by atoms with van der Waals surface area (Å²) >= 11 is 0. The number of carbonyl (C=O) groups is 1. The molecule has 0 spiro atoms. The Bertz CT molecular complexity index is 52.5. The Morgan fingerprint density at radius 3 is 2.88 bits per heavy atom. The van der Waals surface area contributed by atoms with Gasteiger partial charge in [0.25, 0.3) is 6.47 Å². The lowest BCUT2D eigenvalue weighted by molar-refractivity contribution is -0.125. The van der Waals surface area contributed by atoms with Crippen LogP contribution in [-0.2, 0) is 9.53 Å². The van der Waals surface area contributed by atoms with E-state index in [0.717, 1.165) is 19.3 Å². The highest BCUT2D eigenvalue weighted by molar-refractivity contribution is 5.37. The zero-order chi connectivity index (χ0) is 6.24. The zero-order valence-corrected chi connectivity index (χ0v) is 5.09. The monoisotopic (exact) mass is 115 g/mol. The largest absolute Gasteiger partial charge is 0.461 e. The molecule has 0 N–H and O–H groups in total. The van der Waals surface area contributed by atoms with E-state index in [-0.39, 0.29) is 0 Å². The van der Waals surface area contributed by atoms with Crippen molar-refractivity contribution in [2.75, 3.05) is 0 Å². The molecule has 1 radical (unpaired) electrons. The second kappa shape index (κ2) is 6.47. The molecular formula is C6H11O2. The minimum absolute atomic E-state index is 0.440. The molecular weight excluding hydrogens is 104 g/mol. The fourth-order valence-corrected chi connectivity index (χ4v) is 0.395. The van der Waals surface area contributed by atoms with E-state index in [1.54, 1.807) is 0 Å². The smallest absolute Gasteiger partial charge is 0.293 e. The van der Waals surface area contributed by atoms with Gasteiger partial charge in [0.1, 0.15) is 6.61 Å². The first-order chi connectivity index (χ1) is 3.91. The maximum absolute atomic E-state index is 9.51. The second-order valence-electron chi connectivity index (χ2n) is 1.54. The Morgan fingerprint density at radius 2 is 2.38 bits per heavy atom. The van der Waals surface area contributed by atoms with Crippen LogP contribution in [0.2, 0.25) is 0 Å². The van der Waals surface area contributed by atoms with Crippen molar-refractivity contribution in [3.63, 3.8) is 0 Å². The van der Waals surface area contributed by atoms with Gasteiger partial charge in [0.2, 0.25) is 0 Å². The third-order valence-corrected chi connectivity index (χ3v) is 0.827. The van der Waals surface area contributed by atoms with Gasteiger partial charge in [-0.05, 0) is 12.8 Å². The predicted molar refractivity (Wildman–Crippen MR) is 31.0 cm³/mol. The normalized spacial score (nSPS) is 8.62. The number of hydrogen-bond acceptors (Lipinski definition) is 2. The van der Waals surface area contributed by atoms with Crippen molar-refractivity contribution in [3.05, 3.63) is 6.61 Å². The molecule has 0 aliphatic rings. The molecule has 0 aromatic rings. The van der Waals surface area contributed by atoms with E-state index in [9.17, 15) is 4.79 Å². The molecule has 0 aromatic carbocycles. The van der Waals surface area contributed by atoms with Crippen LogP contribution in [0, 0.1) is 6.61 Å². The Hall–Kier alpha value is -0.530. The summed E-state index contributed by atoms with van der Waals surface area (Å²) in [6, 6.07) is 0. The van der Waals surface area contributed by atoms with E-state index in [4.69, 9.17) is 0 Å². The average Bonchev–Trinajstić information content (AvgIpc) is 1.81. The highest BCUT2D eigenvalue weighted by atomic mass is 16.5. The first kappa shape index (κ1) is 7.47. The van der Waals surface area contributed by atoms with E-state index >= 15 is 0 Å². The molecule has 0 aliphatic heterocycles. The summed E-state index contributed by atoms with van der Waals surface area (Å²) in [5, 5.41) is 0. The standard InChI is InChI=1S/C6H11O2/c1-2-3-4-5-8-6-7/h5-6H,2-4H2,1H3. The van der Waals surface area contributed by atoms with Gasteiger partial charge in [-0.1, -0.05) is 13.3 Å². The quantitative estimate of drug-likeness (QED) is 0.401. The number of hydrogen-bond donors (Lipinski definition) is 0. The van der Waals surface area contributed by atoms with Crippen LogP contribution in [0.1, 0.15) is 26.2 Å². The molecule has 0 aromatic heterocycles. The lowest BCUT2D eigenvalue weighted by Crippen LogP contribution is -1.82. The maximum atomic E-state index is 9.51. The van der Waals surface area contributed by atoms with Crippen LogP contribution in [0.25, 0.3) is 0 Å².